The molecule has 104 valence electrons. The summed E-state index contributed by atoms with van der Waals surface area (Å²) < 4.78 is 0. The Kier molecular flexibility index (Phi) is 3.20. The lowest BCUT2D eigenvalue weighted by Gasteiger charge is -2.19. The van der Waals surface area contributed by atoms with E-state index in [1.165, 1.54) is 0 Å². The number of hydrogen-bond donors (Lipinski definition) is 1. The number of anilines is 3. The Morgan fingerprint density at radius 3 is 2.86 bits per heavy atom. The van der Waals surface area contributed by atoms with Gasteiger partial charge >= 0.3 is 0 Å². The first kappa shape index (κ1) is 13.3. The number of benzene rings is 1. The Balaban J connectivity index is 2.17. The van der Waals surface area contributed by atoms with Crippen LogP contribution in [0.25, 0.3) is 10.2 Å². The topological polar surface area (TPSA) is 78.8 Å². The van der Waals surface area contributed by atoms with Gasteiger partial charge in [-0.1, -0.05) is 6.07 Å². The van der Waals surface area contributed by atoms with Crippen LogP contribution in [0.3, 0.4) is 0 Å². The molecule has 5 nitrogen and oxygen atoms in total. The molecule has 0 spiro atoms. The molecule has 0 saturated heterocycles. The average Bonchev–Trinajstić information content (AvgIpc) is 2.85. The highest BCUT2D eigenvalue weighted by Gasteiger charge is 2.14. The fourth-order valence-corrected chi connectivity index (χ4v) is 3.09. The van der Waals surface area contributed by atoms with Crippen LogP contribution in [0, 0.1) is 18.3 Å². The monoisotopic (exact) mass is 295 g/mol. The lowest BCUT2D eigenvalue weighted by molar-refractivity contribution is 1.12. The summed E-state index contributed by atoms with van der Waals surface area (Å²) in [7, 11) is 1.91. The van der Waals surface area contributed by atoms with Gasteiger partial charge in [-0.2, -0.15) is 10.2 Å². The molecule has 2 aromatic heterocycles. The molecule has 0 aliphatic heterocycles. The molecular weight excluding hydrogens is 282 g/mol. The van der Waals surface area contributed by atoms with Gasteiger partial charge in [0.05, 0.1) is 17.0 Å². The van der Waals surface area contributed by atoms with Crippen molar-refractivity contribution in [1.29, 1.82) is 5.26 Å². The predicted octanol–water partition coefficient (Wildman–Crippen LogP) is 3.22. The Morgan fingerprint density at radius 2 is 2.10 bits per heavy atom. The first-order chi connectivity index (χ1) is 10.1. The zero-order valence-electron chi connectivity index (χ0n) is 11.7. The molecule has 1 aromatic carbocycles. The number of fused-ring (bicyclic) bond motifs is 1. The summed E-state index contributed by atoms with van der Waals surface area (Å²) in [4.78, 5) is 12.6. The third-order valence-corrected chi connectivity index (χ3v) is 4.14. The number of thiophene rings is 1. The zero-order valence-corrected chi connectivity index (χ0v) is 12.5. The van der Waals surface area contributed by atoms with Gasteiger partial charge in [-0.25, -0.2) is 4.98 Å². The van der Waals surface area contributed by atoms with Crippen LogP contribution in [0.4, 0.5) is 17.5 Å². The molecule has 0 radical (unpaired) electrons. The molecule has 0 amide bonds. The number of nitrogens with two attached hydrogens (primary N) is 1. The Morgan fingerprint density at radius 1 is 1.29 bits per heavy atom. The molecule has 3 aromatic rings. The van der Waals surface area contributed by atoms with Crippen molar-refractivity contribution in [3.8, 4) is 6.07 Å². The second kappa shape index (κ2) is 5.04. The third kappa shape index (κ3) is 2.39. The number of nitriles is 1. The van der Waals surface area contributed by atoms with Crippen molar-refractivity contribution < 1.29 is 0 Å². The second-order valence-electron chi connectivity index (χ2n) is 4.70. The standard InChI is InChI=1S/C15H13N5S/c1-9-6-12-13(18-15(17)19-14(12)21-9)20(2)11-5-3-4-10(7-11)8-16/h3-7H,1-2H3,(H2,17,18,19). The summed E-state index contributed by atoms with van der Waals surface area (Å²) >= 11 is 1.59. The van der Waals surface area contributed by atoms with E-state index < -0.39 is 0 Å². The van der Waals surface area contributed by atoms with Crippen molar-refractivity contribution in [2.75, 3.05) is 17.7 Å². The molecule has 6 heteroatoms. The SMILES string of the molecule is Cc1cc2c(N(C)c3cccc(C#N)c3)nc(N)nc2s1. The molecule has 0 aliphatic carbocycles. The number of aryl methyl sites for hydroxylation is 1. The van der Waals surface area contributed by atoms with Crippen LogP contribution in [0.15, 0.2) is 30.3 Å². The van der Waals surface area contributed by atoms with E-state index in [-0.39, 0.29) is 5.95 Å². The molecule has 0 atom stereocenters. The first-order valence-electron chi connectivity index (χ1n) is 6.36. The largest absolute Gasteiger partial charge is 0.368 e. The molecule has 2 heterocycles. The van der Waals surface area contributed by atoms with Gasteiger partial charge in [0.15, 0.2) is 0 Å². The number of nitrogen functional groups attached to an aromatic ring is 1. The third-order valence-electron chi connectivity index (χ3n) is 3.19. The number of nitrogens with zero attached hydrogens (tertiary/aromatic N) is 4. The highest BCUT2D eigenvalue weighted by Crippen LogP contribution is 2.33. The average molecular weight is 295 g/mol. The lowest BCUT2D eigenvalue weighted by Crippen LogP contribution is -2.13. The van der Waals surface area contributed by atoms with Gasteiger partial charge in [0, 0.05) is 17.6 Å². The minimum absolute atomic E-state index is 0.252. The van der Waals surface area contributed by atoms with E-state index in [0.717, 1.165) is 26.6 Å². The van der Waals surface area contributed by atoms with Crippen LogP contribution in [0.5, 0.6) is 0 Å². The van der Waals surface area contributed by atoms with Gasteiger partial charge in [0.1, 0.15) is 10.6 Å². The van der Waals surface area contributed by atoms with Crippen LogP contribution in [-0.4, -0.2) is 17.0 Å². The predicted molar refractivity (Wildman–Crippen MR) is 85.8 cm³/mol. The molecule has 0 bridgehead atoms. The van der Waals surface area contributed by atoms with E-state index in [1.54, 1.807) is 17.4 Å². The quantitative estimate of drug-likeness (QED) is 0.785. The summed E-state index contributed by atoms with van der Waals surface area (Å²) in [6.07, 6.45) is 0. The van der Waals surface area contributed by atoms with E-state index in [4.69, 9.17) is 11.0 Å². The van der Waals surface area contributed by atoms with Crippen molar-refractivity contribution in [3.05, 3.63) is 40.8 Å². The molecule has 0 aliphatic rings. The summed E-state index contributed by atoms with van der Waals surface area (Å²) in [5.41, 5.74) is 7.31. The van der Waals surface area contributed by atoms with Gasteiger partial charge in [0.25, 0.3) is 0 Å². The van der Waals surface area contributed by atoms with Crippen LogP contribution >= 0.6 is 11.3 Å². The van der Waals surface area contributed by atoms with Gasteiger partial charge in [0.2, 0.25) is 5.95 Å². The van der Waals surface area contributed by atoms with Gasteiger partial charge in [-0.15, -0.1) is 11.3 Å². The fourth-order valence-electron chi connectivity index (χ4n) is 2.20. The number of hydrogen-bond acceptors (Lipinski definition) is 6. The van der Waals surface area contributed by atoms with Crippen LogP contribution in [0.1, 0.15) is 10.4 Å². The van der Waals surface area contributed by atoms with Crippen molar-refractivity contribution in [3.63, 3.8) is 0 Å². The Hall–Kier alpha value is -2.65. The van der Waals surface area contributed by atoms with Gasteiger partial charge < -0.3 is 10.6 Å². The van der Waals surface area contributed by atoms with Crippen molar-refractivity contribution in [2.24, 2.45) is 0 Å². The van der Waals surface area contributed by atoms with Crippen LogP contribution in [0.2, 0.25) is 0 Å². The van der Waals surface area contributed by atoms with Gasteiger partial charge in [-0.05, 0) is 31.2 Å². The highest BCUT2D eigenvalue weighted by molar-refractivity contribution is 7.18. The smallest absolute Gasteiger partial charge is 0.223 e. The molecule has 0 saturated carbocycles. The first-order valence-corrected chi connectivity index (χ1v) is 7.17. The van der Waals surface area contributed by atoms with Crippen molar-refractivity contribution in [2.45, 2.75) is 6.92 Å². The van der Waals surface area contributed by atoms with Gasteiger partial charge in [-0.3, -0.25) is 0 Å². The molecule has 3 rings (SSSR count). The number of rotatable bonds is 2. The second-order valence-corrected chi connectivity index (χ2v) is 5.94. The van der Waals surface area contributed by atoms with Crippen molar-refractivity contribution >= 4 is 39.0 Å². The molecule has 0 fully saturated rings. The van der Waals surface area contributed by atoms with Crippen LogP contribution < -0.4 is 10.6 Å². The summed E-state index contributed by atoms with van der Waals surface area (Å²) in [6, 6.07) is 11.6. The maximum absolute atomic E-state index is 9.02. The molecular formula is C15H13N5S. The van der Waals surface area contributed by atoms with Crippen molar-refractivity contribution in [1.82, 2.24) is 9.97 Å². The van der Waals surface area contributed by atoms with E-state index in [0.29, 0.717) is 5.56 Å². The minimum Gasteiger partial charge on any atom is -0.368 e. The Labute approximate surface area is 126 Å². The summed E-state index contributed by atoms with van der Waals surface area (Å²) in [5, 5.41) is 9.99. The summed E-state index contributed by atoms with van der Waals surface area (Å²) in [5.74, 6) is 1.000. The van der Waals surface area contributed by atoms with E-state index in [9.17, 15) is 0 Å². The normalized spacial score (nSPS) is 10.5. The van der Waals surface area contributed by atoms with E-state index in [2.05, 4.69) is 22.1 Å². The molecule has 21 heavy (non-hydrogen) atoms. The lowest BCUT2D eigenvalue weighted by atomic mass is 10.2. The fraction of sp³-hybridized carbons (Fsp3) is 0.133. The summed E-state index contributed by atoms with van der Waals surface area (Å²) in [6.45, 7) is 2.03. The van der Waals surface area contributed by atoms with E-state index in [1.807, 2.05) is 37.1 Å². The minimum atomic E-state index is 0.252. The van der Waals surface area contributed by atoms with E-state index >= 15 is 0 Å². The maximum atomic E-state index is 9.02. The highest BCUT2D eigenvalue weighted by atomic mass is 32.1. The zero-order chi connectivity index (χ0) is 15.0. The number of aromatic nitrogens is 2. The Bertz CT molecular complexity index is 862. The molecule has 0 unspecified atom stereocenters. The molecule has 2 N–H and O–H groups in total. The maximum Gasteiger partial charge on any atom is 0.223 e. The van der Waals surface area contributed by atoms with Crippen LogP contribution in [-0.2, 0) is 0 Å².